The van der Waals surface area contributed by atoms with Crippen molar-refractivity contribution in [3.8, 4) is 0 Å². The lowest BCUT2D eigenvalue weighted by molar-refractivity contribution is -0.226. The van der Waals surface area contributed by atoms with Crippen LogP contribution in [0.3, 0.4) is 0 Å². The van der Waals surface area contributed by atoms with E-state index in [1.165, 1.54) is 19.1 Å². The van der Waals surface area contributed by atoms with Gasteiger partial charge in [-0.2, -0.15) is 0 Å². The summed E-state index contributed by atoms with van der Waals surface area (Å²) in [6, 6.07) is 0. The Bertz CT molecular complexity index is 632. The number of carbonyl (C=O) groups is 3. The van der Waals surface area contributed by atoms with Crippen molar-refractivity contribution in [2.24, 2.45) is 0 Å². The molecule has 8 heteroatoms. The summed E-state index contributed by atoms with van der Waals surface area (Å²) >= 11 is 3.13. The topological polar surface area (TPSA) is 88.1 Å². The maximum absolute atomic E-state index is 11.4. The normalized spacial score (nSPS) is 26.0. The Hall–Kier alpha value is -1.77. The van der Waals surface area contributed by atoms with Crippen LogP contribution < -0.4 is 0 Å². The number of ether oxygens (including phenoxy) is 4. The Kier molecular flexibility index (Phi) is 5.51. The molecule has 1 unspecified atom stereocenters. The molecule has 0 saturated heterocycles. The van der Waals surface area contributed by atoms with Gasteiger partial charge in [0.05, 0.1) is 6.61 Å². The van der Waals surface area contributed by atoms with Crippen molar-refractivity contribution in [2.45, 2.75) is 19.6 Å². The molecular weight excluding hydrogens is 372 g/mol. The molecule has 2 aliphatic heterocycles. The van der Waals surface area contributed by atoms with Crippen molar-refractivity contribution in [3.05, 3.63) is 34.0 Å². The van der Waals surface area contributed by atoms with Crippen molar-refractivity contribution in [1.82, 2.24) is 0 Å². The molecule has 2 rings (SSSR count). The predicted octanol–water partition coefficient (Wildman–Crippen LogP) is 1.53. The molecule has 0 saturated carbocycles. The molecule has 0 aromatic rings. The number of hydrogen-bond donors (Lipinski definition) is 0. The highest BCUT2D eigenvalue weighted by Gasteiger charge is 2.36. The van der Waals surface area contributed by atoms with Crippen molar-refractivity contribution in [1.29, 1.82) is 0 Å². The van der Waals surface area contributed by atoms with Crippen LogP contribution in [-0.4, -0.2) is 43.3 Å². The van der Waals surface area contributed by atoms with Gasteiger partial charge >= 0.3 is 11.9 Å². The molecule has 0 fully saturated rings. The quantitative estimate of drug-likeness (QED) is 0.522. The third-order valence-corrected chi connectivity index (χ3v) is 3.99. The van der Waals surface area contributed by atoms with Gasteiger partial charge in [0.2, 0.25) is 0 Å². The maximum atomic E-state index is 11.4. The summed E-state index contributed by atoms with van der Waals surface area (Å²) in [5, 5.41) is 0. The lowest BCUT2D eigenvalue weighted by Gasteiger charge is -2.31. The number of rotatable bonds is 5. The van der Waals surface area contributed by atoms with Gasteiger partial charge in [0, 0.05) is 12.5 Å². The number of esters is 2. The number of allylic oxidation sites excluding steroid dienone is 1. The van der Waals surface area contributed by atoms with Crippen molar-refractivity contribution >= 4 is 33.7 Å². The minimum Gasteiger partial charge on any atom is -0.427 e. The molecule has 0 aromatic heterocycles. The maximum Gasteiger partial charge on any atom is 0.351 e. The monoisotopic (exact) mass is 386 g/mol. The fourth-order valence-corrected chi connectivity index (χ4v) is 2.22. The molecule has 0 aliphatic carbocycles. The average molecular weight is 387 g/mol. The van der Waals surface area contributed by atoms with Crippen LogP contribution in [0.2, 0.25) is 0 Å². The molecule has 0 spiro atoms. The average Bonchev–Trinajstić information content (AvgIpc) is 2.74. The first-order chi connectivity index (χ1) is 10.8. The number of carbonyl (C=O) groups excluding carboxylic acids is 3. The summed E-state index contributed by atoms with van der Waals surface area (Å²) in [6.45, 7) is 2.79. The van der Waals surface area contributed by atoms with Crippen molar-refractivity contribution < 1.29 is 33.3 Å². The van der Waals surface area contributed by atoms with Gasteiger partial charge in [-0.3, -0.25) is 9.59 Å². The second-order valence-electron chi connectivity index (χ2n) is 4.91. The minimum atomic E-state index is -1.42. The van der Waals surface area contributed by atoms with Crippen LogP contribution in [0.1, 0.15) is 13.8 Å². The smallest absolute Gasteiger partial charge is 0.351 e. The lowest BCUT2D eigenvalue weighted by Crippen LogP contribution is -2.44. The third kappa shape index (κ3) is 4.37. The largest absolute Gasteiger partial charge is 0.427 e. The van der Waals surface area contributed by atoms with E-state index in [4.69, 9.17) is 18.9 Å². The highest BCUT2D eigenvalue weighted by atomic mass is 79.9. The van der Waals surface area contributed by atoms with Crippen LogP contribution in [0.5, 0.6) is 0 Å². The molecule has 0 radical (unpaired) electrons. The van der Waals surface area contributed by atoms with E-state index in [1.807, 2.05) is 0 Å². The zero-order valence-electron chi connectivity index (χ0n) is 12.6. The summed E-state index contributed by atoms with van der Waals surface area (Å²) in [4.78, 5) is 33.7. The highest BCUT2D eigenvalue weighted by molar-refractivity contribution is 9.12. The molecule has 7 nitrogen and oxygen atoms in total. The second-order valence-corrected chi connectivity index (χ2v) is 5.70. The molecule has 1 atom stereocenters. The van der Waals surface area contributed by atoms with Crippen LogP contribution in [0.25, 0.3) is 0 Å². The predicted molar refractivity (Wildman–Crippen MR) is 81.2 cm³/mol. The zero-order valence-corrected chi connectivity index (χ0v) is 14.2. The van der Waals surface area contributed by atoms with Gasteiger partial charge in [0.1, 0.15) is 23.5 Å². The van der Waals surface area contributed by atoms with E-state index < -0.39 is 17.7 Å². The van der Waals surface area contributed by atoms with E-state index in [1.54, 1.807) is 13.0 Å². The summed E-state index contributed by atoms with van der Waals surface area (Å²) in [5.74, 6) is -2.26. The Morgan fingerprint density at radius 2 is 2.22 bits per heavy atom. The van der Waals surface area contributed by atoms with E-state index in [9.17, 15) is 14.4 Å². The molecule has 0 N–H and O–H groups in total. The Morgan fingerprint density at radius 3 is 2.74 bits per heavy atom. The van der Waals surface area contributed by atoms with Crippen LogP contribution in [0, 0.1) is 0 Å². The van der Waals surface area contributed by atoms with Gasteiger partial charge in [0.15, 0.2) is 5.78 Å². The number of halogens is 1. The first-order valence-corrected chi connectivity index (χ1v) is 7.55. The number of cyclic esters (lactones) is 1. The van der Waals surface area contributed by atoms with E-state index in [2.05, 4.69) is 15.9 Å². The molecule has 23 heavy (non-hydrogen) atoms. The van der Waals surface area contributed by atoms with Crippen LogP contribution >= 0.6 is 15.9 Å². The molecular formula is C15H15BrO7. The van der Waals surface area contributed by atoms with Crippen molar-refractivity contribution in [2.75, 3.05) is 19.8 Å². The molecule has 2 heterocycles. The molecule has 124 valence electrons. The number of ketones is 1. The molecule has 0 aromatic carbocycles. The SMILES string of the molecule is CC(=O)OC1(COC/C=C2\OC(=O)C(Br)=C2C)C=CC(=O)CO1. The van der Waals surface area contributed by atoms with E-state index in [-0.39, 0.29) is 25.6 Å². The van der Waals surface area contributed by atoms with Crippen LogP contribution in [-0.2, 0) is 33.3 Å². The van der Waals surface area contributed by atoms with Gasteiger partial charge < -0.3 is 18.9 Å². The second kappa shape index (κ2) is 7.20. The van der Waals surface area contributed by atoms with Crippen LogP contribution in [0.15, 0.2) is 34.0 Å². The molecule has 0 amide bonds. The summed E-state index contributed by atoms with van der Waals surface area (Å²) < 4.78 is 21.2. The first-order valence-electron chi connectivity index (χ1n) is 6.75. The minimum absolute atomic E-state index is 0.0992. The Balaban J connectivity index is 1.95. The van der Waals surface area contributed by atoms with Gasteiger partial charge in [-0.05, 0) is 41.1 Å². The molecule has 2 aliphatic rings. The first kappa shape index (κ1) is 17.6. The summed E-state index contributed by atoms with van der Waals surface area (Å²) in [5.41, 5.74) is 0.674. The van der Waals surface area contributed by atoms with Gasteiger partial charge in [-0.25, -0.2) is 4.79 Å². The van der Waals surface area contributed by atoms with Gasteiger partial charge in [0.25, 0.3) is 5.79 Å². The standard InChI is InChI=1S/C15H15BrO7/c1-9-12(22-14(19)13(9)16)4-6-20-8-15(23-10(2)17)5-3-11(18)7-21-15/h3-5H,6-8H2,1-2H3/b12-4-. The van der Waals surface area contributed by atoms with Crippen LogP contribution in [0.4, 0.5) is 0 Å². The fourth-order valence-electron chi connectivity index (χ4n) is 1.95. The van der Waals surface area contributed by atoms with Crippen molar-refractivity contribution in [3.63, 3.8) is 0 Å². The van der Waals surface area contributed by atoms with Gasteiger partial charge in [-0.15, -0.1) is 0 Å². The fraction of sp³-hybridized carbons (Fsp3) is 0.400. The Morgan fingerprint density at radius 1 is 1.48 bits per heavy atom. The third-order valence-electron chi connectivity index (χ3n) is 3.07. The number of hydrogen-bond acceptors (Lipinski definition) is 7. The summed E-state index contributed by atoms with van der Waals surface area (Å²) in [7, 11) is 0. The van der Waals surface area contributed by atoms with E-state index in [0.717, 1.165) is 0 Å². The Labute approximate surface area is 141 Å². The van der Waals surface area contributed by atoms with E-state index in [0.29, 0.717) is 15.8 Å². The van der Waals surface area contributed by atoms with Gasteiger partial charge in [-0.1, -0.05) is 0 Å². The molecule has 0 bridgehead atoms. The lowest BCUT2D eigenvalue weighted by atomic mass is 10.2. The summed E-state index contributed by atoms with van der Waals surface area (Å²) in [6.07, 6.45) is 4.22. The van der Waals surface area contributed by atoms with E-state index >= 15 is 0 Å². The zero-order chi connectivity index (χ0) is 17.0. The highest BCUT2D eigenvalue weighted by Crippen LogP contribution is 2.29.